The average molecular weight is 401 g/mol. The SMILES string of the molecule is Cc1ccc2nc(-c3cnc4cc(-c5nc6scnc6s5)oc4c3)ccc2n1. The molecule has 0 amide bonds. The zero-order valence-electron chi connectivity index (χ0n) is 14.6. The van der Waals surface area contributed by atoms with E-state index in [-0.39, 0.29) is 0 Å². The number of rotatable bonds is 2. The van der Waals surface area contributed by atoms with Gasteiger partial charge >= 0.3 is 0 Å². The molecule has 6 nitrogen and oxygen atoms in total. The van der Waals surface area contributed by atoms with Crippen LogP contribution in [0, 0.1) is 6.92 Å². The Balaban J connectivity index is 1.44. The van der Waals surface area contributed by atoms with Crippen LogP contribution in [0.3, 0.4) is 0 Å². The molecule has 8 heteroatoms. The van der Waals surface area contributed by atoms with Gasteiger partial charge in [0.25, 0.3) is 0 Å². The Morgan fingerprint density at radius 3 is 2.68 bits per heavy atom. The Labute approximate surface area is 166 Å². The number of hydrogen-bond acceptors (Lipinski definition) is 8. The summed E-state index contributed by atoms with van der Waals surface area (Å²) in [6, 6.07) is 11.8. The molecule has 0 radical (unpaired) electrons. The van der Waals surface area contributed by atoms with Gasteiger partial charge in [-0.05, 0) is 37.3 Å². The second-order valence-electron chi connectivity index (χ2n) is 6.39. The molecule has 0 bridgehead atoms. The summed E-state index contributed by atoms with van der Waals surface area (Å²) in [6.07, 6.45) is 1.82. The molecule has 0 spiro atoms. The highest BCUT2D eigenvalue weighted by atomic mass is 32.1. The van der Waals surface area contributed by atoms with E-state index >= 15 is 0 Å². The molecule has 0 fully saturated rings. The largest absolute Gasteiger partial charge is 0.452 e. The van der Waals surface area contributed by atoms with Crippen LogP contribution in [0.2, 0.25) is 0 Å². The molecular weight excluding hydrogens is 390 g/mol. The second kappa shape index (κ2) is 5.88. The van der Waals surface area contributed by atoms with Crippen molar-refractivity contribution in [3.05, 3.63) is 53.8 Å². The molecule has 0 unspecified atom stereocenters. The van der Waals surface area contributed by atoms with Crippen molar-refractivity contribution < 1.29 is 4.42 Å². The van der Waals surface area contributed by atoms with E-state index in [2.05, 4.69) is 19.9 Å². The minimum Gasteiger partial charge on any atom is -0.452 e. The summed E-state index contributed by atoms with van der Waals surface area (Å²) in [5.74, 6) is 0.709. The summed E-state index contributed by atoms with van der Waals surface area (Å²) >= 11 is 3.05. The van der Waals surface area contributed by atoms with Gasteiger partial charge in [0.1, 0.15) is 5.52 Å². The van der Waals surface area contributed by atoms with E-state index in [4.69, 9.17) is 9.40 Å². The second-order valence-corrected chi connectivity index (χ2v) is 8.20. The molecule has 0 saturated heterocycles. The monoisotopic (exact) mass is 401 g/mol. The van der Waals surface area contributed by atoms with Crippen molar-refractivity contribution >= 4 is 54.5 Å². The normalized spacial score (nSPS) is 11.8. The fraction of sp³-hybridized carbons (Fsp3) is 0.0500. The number of hydrogen-bond donors (Lipinski definition) is 0. The molecule has 6 aromatic heterocycles. The highest BCUT2D eigenvalue weighted by Gasteiger charge is 2.14. The van der Waals surface area contributed by atoms with Gasteiger partial charge in [-0.3, -0.25) is 9.97 Å². The van der Waals surface area contributed by atoms with E-state index in [1.807, 2.05) is 49.5 Å². The summed E-state index contributed by atoms with van der Waals surface area (Å²) in [6.45, 7) is 1.97. The molecule has 6 rings (SSSR count). The molecule has 134 valence electrons. The molecule has 0 saturated carbocycles. The predicted octanol–water partition coefficient (Wildman–Crippen LogP) is 5.48. The minimum absolute atomic E-state index is 0.709. The lowest BCUT2D eigenvalue weighted by Crippen LogP contribution is -1.89. The van der Waals surface area contributed by atoms with Crippen molar-refractivity contribution in [2.45, 2.75) is 6.92 Å². The van der Waals surface area contributed by atoms with E-state index in [1.54, 1.807) is 5.51 Å². The van der Waals surface area contributed by atoms with Crippen molar-refractivity contribution in [1.29, 1.82) is 0 Å². The maximum absolute atomic E-state index is 6.04. The Bertz CT molecular complexity index is 1470. The van der Waals surface area contributed by atoms with Gasteiger partial charge in [0, 0.05) is 23.5 Å². The summed E-state index contributed by atoms with van der Waals surface area (Å²) in [7, 11) is 0. The average Bonchev–Trinajstić information content (AvgIpc) is 3.40. The van der Waals surface area contributed by atoms with Crippen LogP contribution in [0.5, 0.6) is 0 Å². The summed E-state index contributed by atoms with van der Waals surface area (Å²) in [4.78, 5) is 24.5. The van der Waals surface area contributed by atoms with Crippen molar-refractivity contribution in [2.24, 2.45) is 0 Å². The van der Waals surface area contributed by atoms with Gasteiger partial charge in [-0.2, -0.15) is 0 Å². The molecule has 0 aliphatic carbocycles. The smallest absolute Gasteiger partial charge is 0.165 e. The number of aryl methyl sites for hydroxylation is 1. The highest BCUT2D eigenvalue weighted by molar-refractivity contribution is 7.27. The highest BCUT2D eigenvalue weighted by Crippen LogP contribution is 2.35. The third-order valence-corrected chi connectivity index (χ3v) is 6.30. The van der Waals surface area contributed by atoms with Crippen molar-refractivity contribution in [1.82, 2.24) is 24.9 Å². The van der Waals surface area contributed by atoms with Crippen LogP contribution in [0.15, 0.2) is 52.5 Å². The summed E-state index contributed by atoms with van der Waals surface area (Å²) in [5, 5.41) is 0.819. The first-order valence-electron chi connectivity index (χ1n) is 8.58. The van der Waals surface area contributed by atoms with Crippen LogP contribution < -0.4 is 0 Å². The molecule has 0 aromatic carbocycles. The van der Waals surface area contributed by atoms with Crippen LogP contribution >= 0.6 is 22.7 Å². The number of pyridine rings is 3. The quantitative estimate of drug-likeness (QED) is 0.382. The number of thiazole rings is 2. The van der Waals surface area contributed by atoms with Gasteiger partial charge in [0.15, 0.2) is 26.0 Å². The third kappa shape index (κ3) is 2.49. The number of furan rings is 1. The Hall–Kier alpha value is -3.23. The molecule has 28 heavy (non-hydrogen) atoms. The van der Waals surface area contributed by atoms with Gasteiger partial charge in [0.05, 0.1) is 22.2 Å². The number of nitrogens with zero attached hydrogens (tertiary/aromatic N) is 5. The zero-order chi connectivity index (χ0) is 18.7. The Kier molecular flexibility index (Phi) is 3.32. The van der Waals surface area contributed by atoms with Crippen molar-refractivity contribution in [2.75, 3.05) is 0 Å². The lowest BCUT2D eigenvalue weighted by atomic mass is 10.1. The molecule has 0 N–H and O–H groups in total. The first-order valence-corrected chi connectivity index (χ1v) is 10.3. The van der Waals surface area contributed by atoms with Gasteiger partial charge in [-0.1, -0.05) is 11.3 Å². The number of aromatic nitrogens is 5. The first kappa shape index (κ1) is 15.8. The molecule has 6 aromatic rings. The summed E-state index contributed by atoms with van der Waals surface area (Å²) < 4.78 is 6.04. The fourth-order valence-electron chi connectivity index (χ4n) is 3.12. The number of fused-ring (bicyclic) bond motifs is 3. The molecule has 0 aliphatic heterocycles. The van der Waals surface area contributed by atoms with Crippen LogP contribution in [-0.2, 0) is 0 Å². The lowest BCUT2D eigenvalue weighted by molar-refractivity contribution is 0.631. The lowest BCUT2D eigenvalue weighted by Gasteiger charge is -2.03. The maximum atomic E-state index is 6.04. The fourth-order valence-corrected chi connectivity index (χ4v) is 4.83. The van der Waals surface area contributed by atoms with Crippen molar-refractivity contribution in [3.63, 3.8) is 0 Å². The van der Waals surface area contributed by atoms with E-state index in [0.717, 1.165) is 48.2 Å². The Morgan fingerprint density at radius 1 is 0.857 bits per heavy atom. The van der Waals surface area contributed by atoms with Gasteiger partial charge in [-0.25, -0.2) is 15.0 Å². The van der Waals surface area contributed by atoms with Gasteiger partial charge < -0.3 is 4.42 Å². The van der Waals surface area contributed by atoms with Crippen LogP contribution in [-0.4, -0.2) is 24.9 Å². The van der Waals surface area contributed by atoms with Gasteiger partial charge in [-0.15, -0.1) is 11.3 Å². The van der Waals surface area contributed by atoms with Crippen LogP contribution in [0.4, 0.5) is 0 Å². The summed E-state index contributed by atoms with van der Waals surface area (Å²) in [5.41, 5.74) is 7.77. The molecule has 0 atom stereocenters. The van der Waals surface area contributed by atoms with Gasteiger partial charge in [0.2, 0.25) is 0 Å². The molecule has 0 aliphatic rings. The Morgan fingerprint density at radius 2 is 1.75 bits per heavy atom. The van der Waals surface area contributed by atoms with E-state index < -0.39 is 0 Å². The molecule has 6 heterocycles. The van der Waals surface area contributed by atoms with E-state index in [9.17, 15) is 0 Å². The van der Waals surface area contributed by atoms with Crippen molar-refractivity contribution in [3.8, 4) is 22.0 Å². The topological polar surface area (TPSA) is 77.6 Å². The van der Waals surface area contributed by atoms with Crippen LogP contribution in [0.1, 0.15) is 5.69 Å². The first-order chi connectivity index (χ1) is 13.7. The zero-order valence-corrected chi connectivity index (χ0v) is 16.2. The predicted molar refractivity (Wildman–Crippen MR) is 112 cm³/mol. The standard InChI is InChI=1S/C20H11N5OS2/c1-10-2-3-14-13(23-10)5-4-12(24-14)11-6-16-15(21-8-11)7-17(26-16)18-25-20-19(28-18)22-9-27-20/h2-9H,1H3. The van der Waals surface area contributed by atoms with E-state index in [0.29, 0.717) is 11.3 Å². The van der Waals surface area contributed by atoms with E-state index in [1.165, 1.54) is 22.7 Å². The third-order valence-electron chi connectivity index (χ3n) is 4.47. The molecular formula is C20H11N5OS2. The van der Waals surface area contributed by atoms with Crippen LogP contribution in [0.25, 0.3) is 53.8 Å². The minimum atomic E-state index is 0.709. The maximum Gasteiger partial charge on any atom is 0.165 e.